The molecule has 1 aromatic carbocycles. The molecule has 0 aliphatic carbocycles. The Labute approximate surface area is 110 Å². The van der Waals surface area contributed by atoms with E-state index in [-0.39, 0.29) is 12.5 Å². The summed E-state index contributed by atoms with van der Waals surface area (Å²) in [5, 5.41) is 12.0. The highest BCUT2D eigenvalue weighted by atomic mass is 35.5. The second kappa shape index (κ2) is 5.46. The maximum Gasteiger partial charge on any atom is 0.251 e. The summed E-state index contributed by atoms with van der Waals surface area (Å²) in [6, 6.07) is 3.10. The first-order valence-corrected chi connectivity index (χ1v) is 6.01. The van der Waals surface area contributed by atoms with E-state index in [2.05, 4.69) is 5.32 Å². The van der Waals surface area contributed by atoms with Crippen molar-refractivity contribution in [2.24, 2.45) is 0 Å². The molecule has 5 nitrogen and oxygen atoms in total. The third-order valence-electron chi connectivity index (χ3n) is 2.42. The van der Waals surface area contributed by atoms with Crippen molar-refractivity contribution in [1.82, 2.24) is 5.32 Å². The predicted octanol–water partition coefficient (Wildman–Crippen LogP) is 1.22. The molecule has 0 saturated carbocycles. The first-order chi connectivity index (χ1) is 8.58. The molecule has 0 fully saturated rings. The minimum atomic E-state index is -0.596. The lowest BCUT2D eigenvalue weighted by Gasteiger charge is -2.20. The summed E-state index contributed by atoms with van der Waals surface area (Å²) >= 11 is 6.02. The van der Waals surface area contributed by atoms with Gasteiger partial charge in [-0.3, -0.25) is 4.79 Å². The predicted molar refractivity (Wildman–Crippen MR) is 66.5 cm³/mol. The number of benzene rings is 1. The highest BCUT2D eigenvalue weighted by Gasteiger charge is 2.19. The van der Waals surface area contributed by atoms with Gasteiger partial charge in [0.15, 0.2) is 11.5 Å². The molecular formula is C12H14ClNO4. The first-order valence-electron chi connectivity index (χ1n) is 5.63. The number of hydrogen-bond donors (Lipinski definition) is 2. The average Bonchev–Trinajstić information content (AvgIpc) is 2.36. The van der Waals surface area contributed by atoms with E-state index in [9.17, 15) is 4.79 Å². The number of halogens is 1. The van der Waals surface area contributed by atoms with Gasteiger partial charge in [0.05, 0.1) is 11.1 Å². The maximum atomic E-state index is 11.8. The van der Waals surface area contributed by atoms with Crippen molar-refractivity contribution < 1.29 is 19.4 Å². The van der Waals surface area contributed by atoms with Gasteiger partial charge in [0.2, 0.25) is 0 Å². The summed E-state index contributed by atoms with van der Waals surface area (Å²) in [5.41, 5.74) is 0.380. The molecule has 0 aromatic heterocycles. The molecule has 0 bridgehead atoms. The lowest BCUT2D eigenvalue weighted by atomic mass is 10.1. The van der Waals surface area contributed by atoms with Crippen LogP contribution in [0.15, 0.2) is 12.1 Å². The zero-order valence-electron chi connectivity index (χ0n) is 9.90. The van der Waals surface area contributed by atoms with Gasteiger partial charge in [-0.25, -0.2) is 0 Å². The van der Waals surface area contributed by atoms with E-state index in [1.165, 1.54) is 6.07 Å². The summed E-state index contributed by atoms with van der Waals surface area (Å²) in [5.74, 6) is 0.626. The topological polar surface area (TPSA) is 67.8 Å². The van der Waals surface area contributed by atoms with Gasteiger partial charge < -0.3 is 19.9 Å². The van der Waals surface area contributed by atoms with Crippen LogP contribution in [0.2, 0.25) is 5.02 Å². The van der Waals surface area contributed by atoms with Crippen LogP contribution >= 0.6 is 11.6 Å². The quantitative estimate of drug-likeness (QED) is 0.867. The summed E-state index contributed by atoms with van der Waals surface area (Å²) in [4.78, 5) is 11.8. The Morgan fingerprint density at radius 1 is 1.50 bits per heavy atom. The van der Waals surface area contributed by atoms with Crippen LogP contribution in [-0.4, -0.2) is 36.9 Å². The van der Waals surface area contributed by atoms with Crippen molar-refractivity contribution in [1.29, 1.82) is 0 Å². The third-order valence-corrected chi connectivity index (χ3v) is 2.70. The number of aliphatic hydroxyl groups excluding tert-OH is 1. The maximum absolute atomic E-state index is 11.8. The molecular weight excluding hydrogens is 258 g/mol. The second-order valence-corrected chi connectivity index (χ2v) is 4.45. The molecule has 18 heavy (non-hydrogen) atoms. The Morgan fingerprint density at radius 2 is 2.22 bits per heavy atom. The molecule has 1 aliphatic heterocycles. The van der Waals surface area contributed by atoms with Crippen molar-refractivity contribution in [2.45, 2.75) is 13.0 Å². The van der Waals surface area contributed by atoms with Gasteiger partial charge in [-0.1, -0.05) is 11.6 Å². The van der Waals surface area contributed by atoms with Crippen LogP contribution in [0.4, 0.5) is 0 Å². The van der Waals surface area contributed by atoms with E-state index >= 15 is 0 Å². The monoisotopic (exact) mass is 271 g/mol. The molecule has 1 atom stereocenters. The van der Waals surface area contributed by atoms with Gasteiger partial charge in [0.1, 0.15) is 13.2 Å². The van der Waals surface area contributed by atoms with Gasteiger partial charge in [-0.05, 0) is 19.1 Å². The van der Waals surface area contributed by atoms with E-state index in [0.717, 1.165) is 0 Å². The number of carbonyl (C=O) groups is 1. The van der Waals surface area contributed by atoms with Gasteiger partial charge in [-0.15, -0.1) is 0 Å². The van der Waals surface area contributed by atoms with E-state index < -0.39 is 6.10 Å². The smallest absolute Gasteiger partial charge is 0.251 e. The van der Waals surface area contributed by atoms with Crippen LogP contribution in [0.25, 0.3) is 0 Å². The van der Waals surface area contributed by atoms with Crippen LogP contribution in [0.1, 0.15) is 17.3 Å². The fourth-order valence-corrected chi connectivity index (χ4v) is 1.85. The van der Waals surface area contributed by atoms with Gasteiger partial charge in [0.25, 0.3) is 5.91 Å². The molecule has 98 valence electrons. The summed E-state index contributed by atoms with van der Waals surface area (Å²) in [7, 11) is 0. The van der Waals surface area contributed by atoms with Crippen molar-refractivity contribution in [3.8, 4) is 11.5 Å². The van der Waals surface area contributed by atoms with Crippen LogP contribution in [0.5, 0.6) is 11.5 Å². The number of aliphatic hydroxyl groups is 1. The average molecular weight is 272 g/mol. The molecule has 6 heteroatoms. The molecule has 0 radical (unpaired) electrons. The Bertz CT molecular complexity index is 462. The first kappa shape index (κ1) is 13.0. The molecule has 0 saturated heterocycles. The van der Waals surface area contributed by atoms with E-state index in [1.54, 1.807) is 13.0 Å². The van der Waals surface area contributed by atoms with Crippen molar-refractivity contribution >= 4 is 17.5 Å². The van der Waals surface area contributed by atoms with Crippen molar-refractivity contribution in [2.75, 3.05) is 19.8 Å². The fourth-order valence-electron chi connectivity index (χ4n) is 1.58. The summed E-state index contributed by atoms with van der Waals surface area (Å²) in [6.07, 6.45) is -0.596. The normalized spacial score (nSPS) is 15.1. The van der Waals surface area contributed by atoms with Crippen molar-refractivity contribution in [3.63, 3.8) is 0 Å². The van der Waals surface area contributed by atoms with Crippen LogP contribution in [0.3, 0.4) is 0 Å². The van der Waals surface area contributed by atoms with Gasteiger partial charge >= 0.3 is 0 Å². The fraction of sp³-hybridized carbons (Fsp3) is 0.417. The van der Waals surface area contributed by atoms with Crippen LogP contribution < -0.4 is 14.8 Å². The third kappa shape index (κ3) is 2.86. The van der Waals surface area contributed by atoms with Crippen LogP contribution in [0, 0.1) is 0 Å². The van der Waals surface area contributed by atoms with Crippen LogP contribution in [-0.2, 0) is 0 Å². The van der Waals surface area contributed by atoms with E-state index in [0.29, 0.717) is 35.3 Å². The minimum absolute atomic E-state index is 0.185. The molecule has 2 rings (SSSR count). The number of amides is 1. The number of hydrogen-bond acceptors (Lipinski definition) is 4. The lowest BCUT2D eigenvalue weighted by Crippen LogP contribution is -2.30. The van der Waals surface area contributed by atoms with E-state index in [4.69, 9.17) is 26.2 Å². The number of rotatable bonds is 3. The Morgan fingerprint density at radius 3 is 2.94 bits per heavy atom. The number of fused-ring (bicyclic) bond motifs is 1. The zero-order chi connectivity index (χ0) is 13.1. The Hall–Kier alpha value is -1.46. The van der Waals surface area contributed by atoms with Gasteiger partial charge in [0, 0.05) is 12.1 Å². The van der Waals surface area contributed by atoms with E-state index in [1.807, 2.05) is 0 Å². The molecule has 2 N–H and O–H groups in total. The second-order valence-electron chi connectivity index (χ2n) is 4.04. The molecule has 1 amide bonds. The highest BCUT2D eigenvalue weighted by molar-refractivity contribution is 6.32. The standard InChI is InChI=1S/C12H14ClNO4/c1-7(15)6-14-12(16)8-4-9(13)11-10(5-8)17-2-3-18-11/h4-5,7,15H,2-3,6H2,1H3,(H,14,16)/t7-/m1/s1. The highest BCUT2D eigenvalue weighted by Crippen LogP contribution is 2.38. The van der Waals surface area contributed by atoms with Gasteiger partial charge in [-0.2, -0.15) is 0 Å². The molecule has 0 spiro atoms. The minimum Gasteiger partial charge on any atom is -0.486 e. The summed E-state index contributed by atoms with van der Waals surface area (Å²) in [6.45, 7) is 2.66. The number of carbonyl (C=O) groups excluding carboxylic acids is 1. The Kier molecular flexibility index (Phi) is 3.93. The lowest BCUT2D eigenvalue weighted by molar-refractivity contribution is 0.0923. The molecule has 0 unspecified atom stereocenters. The largest absolute Gasteiger partial charge is 0.486 e. The molecule has 1 heterocycles. The molecule has 1 aliphatic rings. The number of nitrogens with one attached hydrogen (secondary N) is 1. The summed E-state index contributed by atoms with van der Waals surface area (Å²) < 4.78 is 10.7. The Balaban J connectivity index is 2.19. The molecule has 1 aromatic rings. The SMILES string of the molecule is C[C@@H](O)CNC(=O)c1cc(Cl)c2c(c1)OCCO2. The number of ether oxygens (including phenoxy) is 2. The van der Waals surface area contributed by atoms with Crippen molar-refractivity contribution in [3.05, 3.63) is 22.7 Å². The zero-order valence-corrected chi connectivity index (χ0v) is 10.7.